The molecule has 0 amide bonds. The van der Waals surface area contributed by atoms with Crippen LogP contribution in [0.1, 0.15) is 11.3 Å². The summed E-state index contributed by atoms with van der Waals surface area (Å²) in [5.74, 6) is -1.09. The summed E-state index contributed by atoms with van der Waals surface area (Å²) in [6.07, 6.45) is 1.39. The van der Waals surface area contributed by atoms with Crippen LogP contribution in [-0.2, 0) is 17.8 Å². The van der Waals surface area contributed by atoms with Crippen LogP contribution < -0.4 is 5.73 Å². The Hall–Kier alpha value is -1.40. The summed E-state index contributed by atoms with van der Waals surface area (Å²) in [7, 11) is 0. The van der Waals surface area contributed by atoms with Crippen molar-refractivity contribution < 1.29 is 19.5 Å². The number of hydrogen-bond donors (Lipinski definition) is 3. The van der Waals surface area contributed by atoms with Gasteiger partial charge in [-0.1, -0.05) is 5.16 Å². The van der Waals surface area contributed by atoms with Crippen LogP contribution in [-0.4, -0.2) is 27.4 Å². The fraction of sp³-hybridized carbons (Fsp3) is 0.429. The first-order chi connectivity index (χ1) is 6.15. The molecule has 0 fully saturated rings. The van der Waals surface area contributed by atoms with Crippen molar-refractivity contribution in [1.29, 1.82) is 0 Å². The largest absolute Gasteiger partial charge is 0.480 e. The minimum atomic E-state index is -1.09. The van der Waals surface area contributed by atoms with Crippen LogP contribution in [0.15, 0.2) is 10.8 Å². The molecule has 1 unspecified atom stereocenters. The lowest BCUT2D eigenvalue weighted by Crippen LogP contribution is -2.32. The van der Waals surface area contributed by atoms with Crippen molar-refractivity contribution in [2.45, 2.75) is 19.1 Å². The van der Waals surface area contributed by atoms with Crippen LogP contribution in [0.4, 0.5) is 0 Å². The highest BCUT2D eigenvalue weighted by molar-refractivity contribution is 5.73. The molecule has 13 heavy (non-hydrogen) atoms. The van der Waals surface area contributed by atoms with Gasteiger partial charge in [0.05, 0.1) is 6.61 Å². The molecule has 0 aromatic carbocycles. The van der Waals surface area contributed by atoms with Crippen molar-refractivity contribution in [1.82, 2.24) is 5.16 Å². The molecule has 0 aliphatic heterocycles. The number of carbonyl (C=O) groups is 1. The first-order valence-electron chi connectivity index (χ1n) is 3.66. The third kappa shape index (κ3) is 2.27. The first-order valence-corrected chi connectivity index (χ1v) is 3.66. The molecular weight excluding hydrogens is 176 g/mol. The summed E-state index contributed by atoms with van der Waals surface area (Å²) in [6, 6.07) is -0.996. The van der Waals surface area contributed by atoms with Gasteiger partial charge in [-0.3, -0.25) is 4.79 Å². The number of nitrogens with zero attached hydrogens (tertiary/aromatic N) is 1. The van der Waals surface area contributed by atoms with E-state index < -0.39 is 12.0 Å². The summed E-state index contributed by atoms with van der Waals surface area (Å²) in [5.41, 5.74) is 6.14. The predicted octanol–water partition coefficient (Wildman–Crippen LogP) is -0.879. The molecule has 0 saturated heterocycles. The Labute approximate surface area is 73.9 Å². The van der Waals surface area contributed by atoms with E-state index in [0.717, 1.165) is 0 Å². The van der Waals surface area contributed by atoms with Crippen LogP contribution in [0, 0.1) is 0 Å². The molecule has 72 valence electrons. The fourth-order valence-electron chi connectivity index (χ4n) is 0.901. The minimum absolute atomic E-state index is 0.106. The van der Waals surface area contributed by atoms with Crippen LogP contribution >= 0.6 is 0 Å². The second-order valence-electron chi connectivity index (χ2n) is 2.59. The van der Waals surface area contributed by atoms with Gasteiger partial charge in [0, 0.05) is 12.0 Å². The lowest BCUT2D eigenvalue weighted by atomic mass is 10.1. The van der Waals surface area contributed by atoms with Gasteiger partial charge in [0.2, 0.25) is 0 Å². The summed E-state index contributed by atoms with van der Waals surface area (Å²) < 4.78 is 4.56. The summed E-state index contributed by atoms with van der Waals surface area (Å²) in [4.78, 5) is 10.4. The molecule has 6 nitrogen and oxygen atoms in total. The summed E-state index contributed by atoms with van der Waals surface area (Å²) >= 11 is 0. The van der Waals surface area contributed by atoms with E-state index in [9.17, 15) is 4.79 Å². The van der Waals surface area contributed by atoms with E-state index in [1.54, 1.807) is 0 Å². The van der Waals surface area contributed by atoms with Gasteiger partial charge in [-0.15, -0.1) is 0 Å². The molecule has 0 bridgehead atoms. The lowest BCUT2D eigenvalue weighted by molar-refractivity contribution is -0.138. The second kappa shape index (κ2) is 4.01. The van der Waals surface area contributed by atoms with Gasteiger partial charge in [-0.2, -0.15) is 0 Å². The van der Waals surface area contributed by atoms with Gasteiger partial charge in [0.15, 0.2) is 0 Å². The molecule has 1 heterocycles. The number of nitrogens with two attached hydrogens (primary N) is 1. The minimum Gasteiger partial charge on any atom is -0.480 e. The molecule has 0 saturated carbocycles. The van der Waals surface area contributed by atoms with Crippen molar-refractivity contribution in [3.63, 3.8) is 0 Å². The maximum atomic E-state index is 10.4. The molecule has 0 radical (unpaired) electrons. The Morgan fingerprint density at radius 3 is 3.00 bits per heavy atom. The zero-order valence-corrected chi connectivity index (χ0v) is 6.80. The van der Waals surface area contributed by atoms with Gasteiger partial charge in [0.25, 0.3) is 0 Å². The van der Waals surface area contributed by atoms with Gasteiger partial charge in [0.1, 0.15) is 18.0 Å². The highest BCUT2D eigenvalue weighted by atomic mass is 16.5. The Bertz CT molecular complexity index is 296. The number of aliphatic hydroxyl groups excluding tert-OH is 1. The number of hydrogen-bond acceptors (Lipinski definition) is 5. The van der Waals surface area contributed by atoms with Crippen LogP contribution in [0.25, 0.3) is 0 Å². The summed E-state index contributed by atoms with van der Waals surface area (Å²) in [6.45, 7) is -0.280. The van der Waals surface area contributed by atoms with Gasteiger partial charge >= 0.3 is 5.97 Å². The van der Waals surface area contributed by atoms with Crippen molar-refractivity contribution in [2.24, 2.45) is 5.73 Å². The predicted molar refractivity (Wildman–Crippen MR) is 41.7 cm³/mol. The maximum absolute atomic E-state index is 10.4. The average molecular weight is 186 g/mol. The number of aliphatic hydroxyl groups is 1. The van der Waals surface area contributed by atoms with Crippen LogP contribution in [0.2, 0.25) is 0 Å². The monoisotopic (exact) mass is 186 g/mol. The van der Waals surface area contributed by atoms with Crippen molar-refractivity contribution >= 4 is 5.97 Å². The molecule has 6 heteroatoms. The van der Waals surface area contributed by atoms with Crippen molar-refractivity contribution in [3.05, 3.63) is 17.5 Å². The highest BCUT2D eigenvalue weighted by Gasteiger charge is 2.16. The maximum Gasteiger partial charge on any atom is 0.320 e. The van der Waals surface area contributed by atoms with E-state index in [4.69, 9.17) is 15.9 Å². The molecule has 1 atom stereocenters. The van der Waals surface area contributed by atoms with Gasteiger partial charge in [-0.25, -0.2) is 0 Å². The van der Waals surface area contributed by atoms with E-state index >= 15 is 0 Å². The number of rotatable bonds is 4. The normalized spacial score (nSPS) is 12.8. The average Bonchev–Trinajstić information content (AvgIpc) is 2.51. The van der Waals surface area contributed by atoms with E-state index in [2.05, 4.69) is 9.68 Å². The van der Waals surface area contributed by atoms with E-state index in [0.29, 0.717) is 11.3 Å². The molecule has 1 rings (SSSR count). The SMILES string of the molecule is NC(Cc1conc1CO)C(=O)O. The number of aromatic nitrogens is 1. The molecule has 0 aliphatic rings. The molecule has 0 spiro atoms. The van der Waals surface area contributed by atoms with Crippen LogP contribution in [0.3, 0.4) is 0 Å². The fourth-order valence-corrected chi connectivity index (χ4v) is 0.901. The third-order valence-corrected chi connectivity index (χ3v) is 1.64. The van der Waals surface area contributed by atoms with E-state index in [-0.39, 0.29) is 13.0 Å². The molecule has 1 aromatic rings. The van der Waals surface area contributed by atoms with Crippen molar-refractivity contribution in [3.8, 4) is 0 Å². The lowest BCUT2D eigenvalue weighted by Gasteiger charge is -2.03. The molecule has 0 aliphatic carbocycles. The number of carboxylic acid groups (broad SMARTS) is 1. The zero-order valence-electron chi connectivity index (χ0n) is 6.80. The molecular formula is C7H10N2O4. The Morgan fingerprint density at radius 1 is 1.77 bits per heavy atom. The van der Waals surface area contributed by atoms with Gasteiger partial charge < -0.3 is 20.5 Å². The zero-order chi connectivity index (χ0) is 9.84. The highest BCUT2D eigenvalue weighted by Crippen LogP contribution is 2.08. The first kappa shape index (κ1) is 9.69. The second-order valence-corrected chi connectivity index (χ2v) is 2.59. The van der Waals surface area contributed by atoms with Crippen LogP contribution in [0.5, 0.6) is 0 Å². The standard InChI is InChI=1S/C7H10N2O4/c8-5(7(11)12)1-4-3-13-9-6(4)2-10/h3,5,10H,1-2,8H2,(H,11,12). The third-order valence-electron chi connectivity index (χ3n) is 1.64. The number of carboxylic acids is 1. The quantitative estimate of drug-likeness (QED) is 0.563. The smallest absolute Gasteiger partial charge is 0.320 e. The molecule has 4 N–H and O–H groups in total. The topological polar surface area (TPSA) is 110 Å². The Kier molecular flexibility index (Phi) is 2.99. The Balaban J connectivity index is 2.68. The number of aliphatic carboxylic acids is 1. The van der Waals surface area contributed by atoms with Crippen molar-refractivity contribution in [2.75, 3.05) is 0 Å². The van der Waals surface area contributed by atoms with Gasteiger partial charge in [-0.05, 0) is 0 Å². The molecule has 1 aromatic heterocycles. The van der Waals surface area contributed by atoms with E-state index in [1.807, 2.05) is 0 Å². The summed E-state index contributed by atoms with van der Waals surface area (Å²) in [5, 5.41) is 20.7. The van der Waals surface area contributed by atoms with E-state index in [1.165, 1.54) is 6.26 Å². The Morgan fingerprint density at radius 2 is 2.46 bits per heavy atom.